The summed E-state index contributed by atoms with van der Waals surface area (Å²) in [6.45, 7) is -0.178. The van der Waals surface area contributed by atoms with Crippen molar-refractivity contribution in [3.8, 4) is 11.5 Å². The van der Waals surface area contributed by atoms with Crippen molar-refractivity contribution < 1.29 is 52.6 Å². The molecule has 1 atom stereocenters. The zero-order valence-electron chi connectivity index (χ0n) is 18.6. The van der Waals surface area contributed by atoms with Gasteiger partial charge < -0.3 is 8.92 Å². The first kappa shape index (κ1) is 28.4. The van der Waals surface area contributed by atoms with E-state index in [4.69, 9.17) is 4.74 Å². The lowest BCUT2D eigenvalue weighted by Gasteiger charge is -2.17. The number of ether oxygens (including phenoxy) is 1. The van der Waals surface area contributed by atoms with Gasteiger partial charge in [-0.2, -0.15) is 22.0 Å². The average molecular weight is 556 g/mol. The van der Waals surface area contributed by atoms with Gasteiger partial charge in [0.1, 0.15) is 5.75 Å². The van der Waals surface area contributed by atoms with Gasteiger partial charge in [0, 0.05) is 6.42 Å². The van der Waals surface area contributed by atoms with Crippen molar-refractivity contribution in [1.82, 2.24) is 0 Å². The van der Waals surface area contributed by atoms with Crippen LogP contribution in [0.25, 0.3) is 0 Å². The Morgan fingerprint density at radius 1 is 0.892 bits per heavy atom. The van der Waals surface area contributed by atoms with Crippen molar-refractivity contribution >= 4 is 11.1 Å². The van der Waals surface area contributed by atoms with E-state index < -0.39 is 64.3 Å². The van der Waals surface area contributed by atoms with E-state index in [1.165, 1.54) is 24.3 Å². The molecule has 1 aliphatic rings. The van der Waals surface area contributed by atoms with Crippen molar-refractivity contribution in [1.29, 1.82) is 0 Å². The summed E-state index contributed by atoms with van der Waals surface area (Å²) in [6.07, 6.45) is -2.74. The first-order valence-electron chi connectivity index (χ1n) is 10.5. The summed E-state index contributed by atoms with van der Waals surface area (Å²) in [6, 6.07) is 9.03. The van der Waals surface area contributed by atoms with Crippen LogP contribution in [0, 0.1) is 29.1 Å². The van der Waals surface area contributed by atoms with E-state index >= 15 is 0 Å². The fraction of sp³-hybridized carbons (Fsp3) is 0.250. The second-order valence-electron chi connectivity index (χ2n) is 7.58. The Morgan fingerprint density at radius 2 is 1.54 bits per heavy atom. The largest absolute Gasteiger partial charge is 0.493 e. The first-order valence-corrected chi connectivity index (χ1v) is 11.6. The lowest BCUT2D eigenvalue weighted by atomic mass is 10.1. The third kappa shape index (κ3) is 6.76. The smallest absolute Gasteiger partial charge is 0.416 e. The number of alkyl halides is 4. The Labute approximate surface area is 207 Å². The SMILES string of the molecule is FCCc1cccc(C(F)(F)F)c1.O=S(Oc1c(F)c(F)c(F)c(F)c1F)c1ccc2c(c1)OCCC2. The molecule has 4 rings (SSSR count). The summed E-state index contributed by atoms with van der Waals surface area (Å²) in [5.41, 5.74) is 0.508. The van der Waals surface area contributed by atoms with Crippen molar-refractivity contribution in [3.05, 3.63) is 88.2 Å². The highest BCUT2D eigenvalue weighted by Crippen LogP contribution is 2.32. The van der Waals surface area contributed by atoms with Crippen LogP contribution < -0.4 is 8.92 Å². The van der Waals surface area contributed by atoms with E-state index in [0.717, 1.165) is 30.5 Å². The number of halogens is 9. The van der Waals surface area contributed by atoms with Crippen molar-refractivity contribution in [3.63, 3.8) is 0 Å². The molecule has 1 aliphatic heterocycles. The highest BCUT2D eigenvalue weighted by molar-refractivity contribution is 7.80. The standard InChI is InChI=1S/C15H9F5O3S.C9H8F4/c16-10-11(17)13(19)15(14(20)12(10)18)23-24(21)8-4-3-7-2-1-5-22-9(7)6-8;10-5-4-7-2-1-3-8(6-7)9(11,12)13/h3-4,6H,1-2,5H2;1-3,6H,4-5H2. The quantitative estimate of drug-likeness (QED) is 0.192. The number of aryl methyl sites for hydroxylation is 2. The number of rotatable bonds is 5. The first-order chi connectivity index (χ1) is 17.4. The van der Waals surface area contributed by atoms with Crippen LogP contribution in [0.3, 0.4) is 0 Å². The molecule has 0 amide bonds. The molecule has 3 aromatic carbocycles. The Hall–Kier alpha value is -3.22. The van der Waals surface area contributed by atoms with Crippen LogP contribution in [0.2, 0.25) is 0 Å². The maximum Gasteiger partial charge on any atom is 0.416 e. The summed E-state index contributed by atoms with van der Waals surface area (Å²) in [5.74, 6) is -12.2. The van der Waals surface area contributed by atoms with Crippen LogP contribution in [0.5, 0.6) is 11.5 Å². The molecular formula is C24H17F9O3S. The van der Waals surface area contributed by atoms with Gasteiger partial charge in [0.25, 0.3) is 0 Å². The van der Waals surface area contributed by atoms with Crippen LogP contribution in [-0.4, -0.2) is 17.5 Å². The molecule has 0 saturated carbocycles. The maximum absolute atomic E-state index is 13.5. The molecular weight excluding hydrogens is 539 g/mol. The summed E-state index contributed by atoms with van der Waals surface area (Å²) < 4.78 is 136. The Bertz CT molecular complexity index is 1270. The van der Waals surface area contributed by atoms with Crippen LogP contribution >= 0.6 is 0 Å². The topological polar surface area (TPSA) is 35.5 Å². The van der Waals surface area contributed by atoms with Crippen molar-refractivity contribution in [2.45, 2.75) is 30.3 Å². The van der Waals surface area contributed by atoms with Gasteiger partial charge in [-0.15, -0.1) is 0 Å². The van der Waals surface area contributed by atoms with Gasteiger partial charge in [-0.05, 0) is 42.2 Å². The second-order valence-corrected chi connectivity index (χ2v) is 8.68. The summed E-state index contributed by atoms with van der Waals surface area (Å²) >= 11 is -2.49. The number of hydrogen-bond acceptors (Lipinski definition) is 3. The molecule has 0 spiro atoms. The van der Waals surface area contributed by atoms with Gasteiger partial charge in [0.15, 0.2) is 0 Å². The molecule has 37 heavy (non-hydrogen) atoms. The van der Waals surface area contributed by atoms with Gasteiger partial charge in [0.05, 0.1) is 23.7 Å². The number of hydrogen-bond donors (Lipinski definition) is 0. The minimum atomic E-state index is -4.34. The van der Waals surface area contributed by atoms with E-state index in [1.54, 1.807) is 6.07 Å². The zero-order chi connectivity index (χ0) is 27.3. The van der Waals surface area contributed by atoms with Crippen LogP contribution in [-0.2, 0) is 30.1 Å². The van der Waals surface area contributed by atoms with E-state index in [9.17, 15) is 43.7 Å². The molecule has 1 unspecified atom stereocenters. The Morgan fingerprint density at radius 3 is 2.16 bits per heavy atom. The third-order valence-corrected chi connectivity index (χ3v) is 6.00. The zero-order valence-corrected chi connectivity index (χ0v) is 19.4. The molecule has 3 aromatic rings. The number of benzene rings is 3. The van der Waals surface area contributed by atoms with E-state index in [0.29, 0.717) is 17.9 Å². The van der Waals surface area contributed by atoms with Gasteiger partial charge >= 0.3 is 6.18 Å². The Kier molecular flexibility index (Phi) is 9.11. The summed E-state index contributed by atoms with van der Waals surface area (Å²) in [5, 5.41) is 0. The predicted octanol–water partition coefficient (Wildman–Crippen LogP) is 7.03. The monoisotopic (exact) mass is 556 g/mol. The fourth-order valence-electron chi connectivity index (χ4n) is 3.22. The molecule has 0 bridgehead atoms. The highest BCUT2D eigenvalue weighted by Gasteiger charge is 2.30. The van der Waals surface area contributed by atoms with E-state index in [2.05, 4.69) is 4.18 Å². The van der Waals surface area contributed by atoms with E-state index in [-0.39, 0.29) is 11.3 Å². The van der Waals surface area contributed by atoms with Gasteiger partial charge in [0.2, 0.25) is 45.9 Å². The molecule has 0 aromatic heterocycles. The summed E-state index contributed by atoms with van der Waals surface area (Å²) in [4.78, 5) is -0.0282. The minimum absolute atomic E-state index is 0.0282. The average Bonchev–Trinajstić information content (AvgIpc) is 2.88. The molecule has 0 N–H and O–H groups in total. The highest BCUT2D eigenvalue weighted by atomic mass is 32.2. The van der Waals surface area contributed by atoms with Gasteiger partial charge in [-0.25, -0.2) is 17.4 Å². The molecule has 13 heteroatoms. The third-order valence-electron chi connectivity index (χ3n) is 5.05. The molecule has 0 saturated heterocycles. The van der Waals surface area contributed by atoms with Crippen LogP contribution in [0.1, 0.15) is 23.1 Å². The maximum atomic E-state index is 13.5. The Balaban J connectivity index is 0.000000248. The molecule has 1 heterocycles. The predicted molar refractivity (Wildman–Crippen MR) is 115 cm³/mol. The van der Waals surface area contributed by atoms with Crippen LogP contribution in [0.15, 0.2) is 47.4 Å². The van der Waals surface area contributed by atoms with Gasteiger partial charge in [-0.1, -0.05) is 24.3 Å². The fourth-order valence-corrected chi connectivity index (χ4v) is 3.99. The van der Waals surface area contributed by atoms with E-state index in [1.807, 2.05) is 0 Å². The summed E-state index contributed by atoms with van der Waals surface area (Å²) in [7, 11) is 0. The second kappa shape index (κ2) is 11.9. The molecule has 0 aliphatic carbocycles. The van der Waals surface area contributed by atoms with Crippen molar-refractivity contribution in [2.24, 2.45) is 0 Å². The molecule has 3 nitrogen and oxygen atoms in total. The normalized spacial score (nSPS) is 13.6. The van der Waals surface area contributed by atoms with Crippen molar-refractivity contribution in [2.75, 3.05) is 13.3 Å². The van der Waals surface area contributed by atoms with Crippen LogP contribution in [0.4, 0.5) is 39.5 Å². The lowest BCUT2D eigenvalue weighted by molar-refractivity contribution is -0.137. The lowest BCUT2D eigenvalue weighted by Crippen LogP contribution is -2.11. The molecule has 0 fully saturated rings. The minimum Gasteiger partial charge on any atom is -0.493 e. The number of fused-ring (bicyclic) bond motifs is 1. The van der Waals surface area contributed by atoms with Gasteiger partial charge in [-0.3, -0.25) is 4.39 Å². The molecule has 0 radical (unpaired) electrons. The molecule has 200 valence electrons.